The molecule has 22 heavy (non-hydrogen) atoms. The van der Waals surface area contributed by atoms with Crippen LogP contribution in [-0.2, 0) is 13.2 Å². The number of rotatable bonds is 2. The van der Waals surface area contributed by atoms with Gasteiger partial charge in [-0.05, 0) is 12.1 Å². The van der Waals surface area contributed by atoms with E-state index in [4.69, 9.17) is 28.3 Å². The summed E-state index contributed by atoms with van der Waals surface area (Å²) in [5, 5.41) is 11.2. The summed E-state index contributed by atoms with van der Waals surface area (Å²) in [6.07, 6.45) is -4.80. The first-order valence-corrected chi connectivity index (χ1v) is 6.32. The molecule has 0 radical (unpaired) electrons. The molecule has 0 aliphatic rings. The highest BCUT2D eigenvalue weighted by molar-refractivity contribution is 6.34. The molecule has 10 heteroatoms. The van der Waals surface area contributed by atoms with Crippen molar-refractivity contribution in [2.75, 3.05) is 0 Å². The first-order chi connectivity index (χ1) is 10.0. The predicted octanol–water partition coefficient (Wildman–Crippen LogP) is 4.25. The molecule has 0 spiro atoms. The zero-order valence-electron chi connectivity index (χ0n) is 10.7. The van der Waals surface area contributed by atoms with E-state index in [-0.39, 0.29) is 0 Å². The van der Waals surface area contributed by atoms with E-state index in [2.05, 4.69) is 5.10 Å². The molecule has 0 aliphatic heterocycles. The average Bonchev–Trinajstić information content (AvgIpc) is 2.63. The van der Waals surface area contributed by atoms with E-state index >= 15 is 0 Å². The molecule has 0 bridgehead atoms. The maximum Gasteiger partial charge on any atom is 0.434 e. The van der Waals surface area contributed by atoms with Gasteiger partial charge in [0.25, 0.3) is 0 Å². The fourth-order valence-electron chi connectivity index (χ4n) is 1.87. The van der Waals surface area contributed by atoms with Gasteiger partial charge in [-0.1, -0.05) is 23.2 Å². The van der Waals surface area contributed by atoms with Crippen molar-refractivity contribution >= 4 is 29.2 Å². The Morgan fingerprint density at radius 1 is 1.32 bits per heavy atom. The number of carboxylic acids is 1. The number of hydrogen-bond acceptors (Lipinski definition) is 2. The molecule has 0 unspecified atom stereocenters. The van der Waals surface area contributed by atoms with E-state index in [9.17, 15) is 22.4 Å². The minimum Gasteiger partial charge on any atom is -0.478 e. The van der Waals surface area contributed by atoms with Crippen LogP contribution in [0.4, 0.5) is 17.6 Å². The second-order valence-corrected chi connectivity index (χ2v) is 5.03. The van der Waals surface area contributed by atoms with Gasteiger partial charge in [-0.25, -0.2) is 9.18 Å². The fourth-order valence-corrected chi connectivity index (χ4v) is 2.47. The summed E-state index contributed by atoms with van der Waals surface area (Å²) in [4.78, 5) is 11.0. The Kier molecular flexibility index (Phi) is 4.09. The van der Waals surface area contributed by atoms with Crippen molar-refractivity contribution in [3.8, 4) is 11.3 Å². The Morgan fingerprint density at radius 3 is 2.36 bits per heavy atom. The molecule has 0 aliphatic carbocycles. The summed E-state index contributed by atoms with van der Waals surface area (Å²) in [5.74, 6) is -2.50. The van der Waals surface area contributed by atoms with Crippen molar-refractivity contribution in [3.05, 3.63) is 39.3 Å². The molecular weight excluding hydrogens is 351 g/mol. The number of halogens is 6. The highest BCUT2D eigenvalue weighted by Crippen LogP contribution is 2.40. The van der Waals surface area contributed by atoms with Crippen molar-refractivity contribution in [1.82, 2.24) is 9.78 Å². The Hall–Kier alpha value is -1.80. The minimum absolute atomic E-state index is 0.392. The quantitative estimate of drug-likeness (QED) is 0.818. The lowest BCUT2D eigenvalue weighted by molar-refractivity contribution is -0.143. The zero-order valence-corrected chi connectivity index (χ0v) is 12.2. The van der Waals surface area contributed by atoms with Gasteiger partial charge in [0.1, 0.15) is 11.5 Å². The maximum absolute atomic E-state index is 13.9. The van der Waals surface area contributed by atoms with Gasteiger partial charge in [0, 0.05) is 12.6 Å². The number of hydrogen-bond donors (Lipinski definition) is 1. The van der Waals surface area contributed by atoms with Crippen LogP contribution in [0, 0.1) is 5.82 Å². The molecule has 1 aromatic heterocycles. The van der Waals surface area contributed by atoms with Gasteiger partial charge >= 0.3 is 12.1 Å². The summed E-state index contributed by atoms with van der Waals surface area (Å²) >= 11 is 11.2. The maximum atomic E-state index is 13.9. The third-order valence-corrected chi connectivity index (χ3v) is 3.47. The highest BCUT2D eigenvalue weighted by Gasteiger charge is 2.39. The van der Waals surface area contributed by atoms with Crippen LogP contribution < -0.4 is 0 Å². The lowest BCUT2D eigenvalue weighted by atomic mass is 10.1. The van der Waals surface area contributed by atoms with Crippen molar-refractivity contribution in [3.63, 3.8) is 0 Å². The lowest BCUT2D eigenvalue weighted by Gasteiger charge is -2.07. The topological polar surface area (TPSA) is 55.1 Å². The van der Waals surface area contributed by atoms with Crippen LogP contribution in [0.3, 0.4) is 0 Å². The molecule has 0 saturated heterocycles. The van der Waals surface area contributed by atoms with Crippen LogP contribution in [-0.4, -0.2) is 20.9 Å². The summed E-state index contributed by atoms with van der Waals surface area (Å²) in [5.41, 5.74) is -2.75. The fraction of sp³-hybridized carbons (Fsp3) is 0.167. The Morgan fingerprint density at radius 2 is 1.91 bits per heavy atom. The van der Waals surface area contributed by atoms with Crippen molar-refractivity contribution in [1.29, 1.82) is 0 Å². The van der Waals surface area contributed by atoms with E-state index < -0.39 is 50.5 Å². The summed E-state index contributed by atoms with van der Waals surface area (Å²) in [7, 11) is 0.990. The molecule has 4 nitrogen and oxygen atoms in total. The normalized spacial score (nSPS) is 11.8. The second-order valence-electron chi connectivity index (χ2n) is 4.25. The van der Waals surface area contributed by atoms with E-state index in [0.29, 0.717) is 10.7 Å². The number of aryl methyl sites for hydroxylation is 1. The zero-order chi connectivity index (χ0) is 16.8. The summed E-state index contributed by atoms with van der Waals surface area (Å²) in [6, 6.07) is 1.47. The minimum atomic E-state index is -4.80. The molecule has 0 fully saturated rings. The number of benzene rings is 1. The first-order valence-electron chi connectivity index (χ1n) is 5.56. The molecule has 0 saturated carbocycles. The molecular formula is C12H6Cl2F4N2O2. The van der Waals surface area contributed by atoms with Crippen LogP contribution >= 0.6 is 23.2 Å². The molecule has 2 aromatic rings. The predicted molar refractivity (Wildman–Crippen MR) is 70.6 cm³/mol. The number of aromatic nitrogens is 2. The second kappa shape index (κ2) is 5.44. The molecule has 1 aromatic carbocycles. The number of nitrogens with zero attached hydrogens (tertiary/aromatic N) is 2. The first kappa shape index (κ1) is 16.6. The number of alkyl halides is 3. The van der Waals surface area contributed by atoms with Gasteiger partial charge in [0.05, 0.1) is 15.6 Å². The van der Waals surface area contributed by atoms with Gasteiger partial charge in [-0.3, -0.25) is 4.68 Å². The number of carbonyl (C=O) groups is 1. The molecule has 0 atom stereocenters. The Balaban J connectivity index is 2.73. The SMILES string of the molecule is Cn1nc(-c2cc(C(=O)O)c(Cl)cc2F)c(Cl)c1C(F)(F)F. The van der Waals surface area contributed by atoms with Crippen molar-refractivity contribution < 1.29 is 27.5 Å². The van der Waals surface area contributed by atoms with E-state index in [1.54, 1.807) is 0 Å². The van der Waals surface area contributed by atoms with Crippen LogP contribution in [0.2, 0.25) is 10.0 Å². The average molecular weight is 357 g/mol. The van der Waals surface area contributed by atoms with E-state index in [1.165, 1.54) is 0 Å². The molecule has 0 amide bonds. The number of carboxylic acid groups (broad SMARTS) is 1. The third kappa shape index (κ3) is 2.76. The van der Waals surface area contributed by atoms with E-state index in [0.717, 1.165) is 13.1 Å². The molecule has 118 valence electrons. The Labute approximate surface area is 130 Å². The van der Waals surface area contributed by atoms with Gasteiger partial charge in [-0.2, -0.15) is 18.3 Å². The van der Waals surface area contributed by atoms with Gasteiger partial charge in [0.2, 0.25) is 0 Å². The van der Waals surface area contributed by atoms with Crippen molar-refractivity contribution in [2.45, 2.75) is 6.18 Å². The van der Waals surface area contributed by atoms with Gasteiger partial charge in [-0.15, -0.1) is 0 Å². The number of aromatic carboxylic acids is 1. The smallest absolute Gasteiger partial charge is 0.434 e. The van der Waals surface area contributed by atoms with Crippen LogP contribution in [0.1, 0.15) is 16.1 Å². The Bertz CT molecular complexity index is 771. The van der Waals surface area contributed by atoms with E-state index in [1.807, 2.05) is 0 Å². The van der Waals surface area contributed by atoms with Crippen LogP contribution in [0.25, 0.3) is 11.3 Å². The highest BCUT2D eigenvalue weighted by atomic mass is 35.5. The van der Waals surface area contributed by atoms with Crippen LogP contribution in [0.15, 0.2) is 12.1 Å². The van der Waals surface area contributed by atoms with Gasteiger partial charge in [0.15, 0.2) is 5.69 Å². The standard InChI is InChI=1S/C12H6Cl2F4N2O2/c1-20-10(12(16,17)18)8(14)9(19-20)5-2-4(11(21)22)6(13)3-7(5)15/h2-3H,1H3,(H,21,22). The van der Waals surface area contributed by atoms with Crippen molar-refractivity contribution in [2.24, 2.45) is 7.05 Å². The summed E-state index contributed by atoms with van der Waals surface area (Å²) < 4.78 is 53.0. The van der Waals surface area contributed by atoms with Gasteiger partial charge < -0.3 is 5.11 Å². The largest absolute Gasteiger partial charge is 0.478 e. The third-order valence-electron chi connectivity index (χ3n) is 2.80. The molecule has 1 heterocycles. The summed E-state index contributed by atoms with van der Waals surface area (Å²) in [6.45, 7) is 0. The lowest BCUT2D eigenvalue weighted by Crippen LogP contribution is -2.12. The van der Waals surface area contributed by atoms with Crippen LogP contribution in [0.5, 0.6) is 0 Å². The molecule has 1 N–H and O–H groups in total. The molecule has 2 rings (SSSR count). The monoisotopic (exact) mass is 356 g/mol.